The summed E-state index contributed by atoms with van der Waals surface area (Å²) in [7, 11) is -3.66. The Hall–Kier alpha value is -3.04. The number of hydrogen-bond donors (Lipinski definition) is 2. The van der Waals surface area contributed by atoms with Crippen LogP contribution in [0.15, 0.2) is 53.4 Å². The van der Waals surface area contributed by atoms with Crippen molar-refractivity contribution >= 4 is 21.6 Å². The van der Waals surface area contributed by atoms with E-state index < -0.39 is 10.0 Å². The molecule has 180 valence electrons. The lowest BCUT2D eigenvalue weighted by atomic mass is 10.0. The molecule has 2 heterocycles. The van der Waals surface area contributed by atoms with Gasteiger partial charge in [-0.05, 0) is 60.7 Å². The van der Waals surface area contributed by atoms with Gasteiger partial charge in [-0.3, -0.25) is 4.79 Å². The first-order valence-corrected chi connectivity index (χ1v) is 13.2. The largest absolute Gasteiger partial charge is 0.326 e. The molecule has 1 aromatic heterocycles. The molecule has 2 N–H and O–H groups in total. The van der Waals surface area contributed by atoms with Crippen LogP contribution in [0.1, 0.15) is 56.8 Å². The van der Waals surface area contributed by atoms with Crippen molar-refractivity contribution in [3.63, 3.8) is 0 Å². The number of amides is 1. The van der Waals surface area contributed by atoms with Crippen molar-refractivity contribution in [1.82, 2.24) is 19.5 Å². The highest BCUT2D eigenvalue weighted by Gasteiger charge is 2.17. The maximum Gasteiger partial charge on any atom is 0.240 e. The Labute approximate surface area is 200 Å². The third kappa shape index (κ3) is 5.71. The molecule has 8 nitrogen and oxygen atoms in total. The van der Waals surface area contributed by atoms with E-state index >= 15 is 0 Å². The van der Waals surface area contributed by atoms with Gasteiger partial charge >= 0.3 is 0 Å². The van der Waals surface area contributed by atoms with Crippen molar-refractivity contribution in [2.45, 2.75) is 63.3 Å². The number of hydrogen-bond acceptors (Lipinski definition) is 5. The van der Waals surface area contributed by atoms with Gasteiger partial charge in [0.2, 0.25) is 15.9 Å². The molecule has 4 rings (SSSR count). The fourth-order valence-electron chi connectivity index (χ4n) is 4.04. The summed E-state index contributed by atoms with van der Waals surface area (Å²) < 4.78 is 29.6. The average Bonchev–Trinajstić information content (AvgIpc) is 3.07. The summed E-state index contributed by atoms with van der Waals surface area (Å²) in [6, 6.07) is 14.3. The quantitative estimate of drug-likeness (QED) is 0.504. The van der Waals surface area contributed by atoms with Gasteiger partial charge < -0.3 is 9.88 Å². The van der Waals surface area contributed by atoms with Crippen LogP contribution < -0.4 is 10.0 Å². The van der Waals surface area contributed by atoms with E-state index in [-0.39, 0.29) is 23.8 Å². The molecule has 0 spiro atoms. The first-order valence-electron chi connectivity index (χ1n) is 11.8. The van der Waals surface area contributed by atoms with Crippen LogP contribution in [0, 0.1) is 0 Å². The summed E-state index contributed by atoms with van der Waals surface area (Å²) in [6.45, 7) is 5.05. The molecule has 1 amide bonds. The highest BCUT2D eigenvalue weighted by atomic mass is 32.2. The van der Waals surface area contributed by atoms with E-state index in [0.29, 0.717) is 11.6 Å². The van der Waals surface area contributed by atoms with Crippen LogP contribution in [0.25, 0.3) is 11.4 Å². The van der Waals surface area contributed by atoms with E-state index in [4.69, 9.17) is 0 Å². The molecule has 0 radical (unpaired) electrons. The van der Waals surface area contributed by atoms with Gasteiger partial charge in [0.25, 0.3) is 0 Å². The van der Waals surface area contributed by atoms with E-state index in [1.165, 1.54) is 6.42 Å². The van der Waals surface area contributed by atoms with Crippen LogP contribution in [-0.2, 0) is 27.8 Å². The number of nitrogens with zero attached hydrogens (tertiary/aromatic N) is 3. The Balaban J connectivity index is 1.30. The fourth-order valence-corrected chi connectivity index (χ4v) is 5.07. The molecule has 9 heteroatoms. The molecule has 0 unspecified atom stereocenters. The molecule has 0 saturated carbocycles. The molecule has 0 bridgehead atoms. The summed E-state index contributed by atoms with van der Waals surface area (Å²) in [4.78, 5) is 12.5. The number of anilines is 1. The lowest BCUT2D eigenvalue weighted by molar-refractivity contribution is -0.116. The van der Waals surface area contributed by atoms with Crippen molar-refractivity contribution in [3.8, 4) is 11.4 Å². The van der Waals surface area contributed by atoms with E-state index in [1.807, 2.05) is 36.4 Å². The molecular weight excluding hydrogens is 450 g/mol. The Bertz CT molecular complexity index is 1230. The lowest BCUT2D eigenvalue weighted by Gasteiger charge is -2.10. The van der Waals surface area contributed by atoms with Gasteiger partial charge in [-0.1, -0.05) is 32.4 Å². The maximum atomic E-state index is 12.5. The zero-order valence-electron chi connectivity index (χ0n) is 19.6. The van der Waals surface area contributed by atoms with Crippen LogP contribution in [0.4, 0.5) is 5.69 Å². The van der Waals surface area contributed by atoms with Crippen molar-refractivity contribution in [2.75, 3.05) is 11.9 Å². The predicted molar refractivity (Wildman–Crippen MR) is 132 cm³/mol. The van der Waals surface area contributed by atoms with Gasteiger partial charge in [0.15, 0.2) is 5.82 Å². The minimum absolute atomic E-state index is 0.0179. The second-order valence-corrected chi connectivity index (χ2v) is 10.7. The van der Waals surface area contributed by atoms with Gasteiger partial charge in [-0.15, -0.1) is 10.2 Å². The first-order chi connectivity index (χ1) is 16.3. The molecule has 1 aliphatic heterocycles. The number of carbonyl (C=O) groups is 1. The van der Waals surface area contributed by atoms with Gasteiger partial charge in [-0.25, -0.2) is 13.1 Å². The van der Waals surface area contributed by atoms with E-state index in [1.54, 1.807) is 12.1 Å². The van der Waals surface area contributed by atoms with Gasteiger partial charge in [-0.2, -0.15) is 0 Å². The zero-order chi connectivity index (χ0) is 24.1. The van der Waals surface area contributed by atoms with Gasteiger partial charge in [0.05, 0.1) is 4.90 Å². The number of carbonyl (C=O) groups excluding carboxylic acids is 1. The number of sulfonamides is 1. The monoisotopic (exact) mass is 481 g/mol. The Kier molecular flexibility index (Phi) is 7.43. The number of nitrogens with one attached hydrogen (secondary N) is 2. The number of rotatable bonds is 8. The molecule has 34 heavy (non-hydrogen) atoms. The lowest BCUT2D eigenvalue weighted by Crippen LogP contribution is -2.27. The van der Waals surface area contributed by atoms with Crippen LogP contribution in [0.5, 0.6) is 0 Å². The van der Waals surface area contributed by atoms with Crippen molar-refractivity contribution < 1.29 is 13.2 Å². The van der Waals surface area contributed by atoms with Gasteiger partial charge in [0.1, 0.15) is 5.82 Å². The highest BCUT2D eigenvalue weighted by molar-refractivity contribution is 7.89. The standard InChI is InChI=1S/C25H31N5O3S/c1-18(2)19-9-13-22(14-10-19)34(32,33)26-16-15-24(31)27-21-11-7-20(8-12-21)25-29-28-23-6-4-3-5-17-30(23)25/h7-14,18,26H,3-6,15-17H2,1-2H3,(H,27,31). The van der Waals surface area contributed by atoms with E-state index in [0.717, 1.165) is 48.6 Å². The van der Waals surface area contributed by atoms with Crippen molar-refractivity contribution in [3.05, 3.63) is 59.9 Å². The van der Waals surface area contributed by atoms with Crippen molar-refractivity contribution in [2.24, 2.45) is 0 Å². The molecule has 2 aromatic carbocycles. The zero-order valence-corrected chi connectivity index (χ0v) is 20.4. The second kappa shape index (κ2) is 10.5. The van der Waals surface area contributed by atoms with Crippen LogP contribution in [-0.4, -0.2) is 35.6 Å². The number of aromatic nitrogens is 3. The van der Waals surface area contributed by atoms with Crippen LogP contribution in [0.2, 0.25) is 0 Å². The second-order valence-electron chi connectivity index (χ2n) is 8.90. The molecular formula is C25H31N5O3S. The highest BCUT2D eigenvalue weighted by Crippen LogP contribution is 2.24. The summed E-state index contributed by atoms with van der Waals surface area (Å²) in [5, 5.41) is 11.5. The minimum atomic E-state index is -3.66. The molecule has 1 aliphatic rings. The summed E-state index contributed by atoms with van der Waals surface area (Å²) >= 11 is 0. The topological polar surface area (TPSA) is 106 Å². The van der Waals surface area contributed by atoms with Gasteiger partial charge in [0, 0.05) is 37.2 Å². The maximum absolute atomic E-state index is 12.5. The van der Waals surface area contributed by atoms with Crippen LogP contribution in [0.3, 0.4) is 0 Å². The smallest absolute Gasteiger partial charge is 0.240 e. The predicted octanol–water partition coefficient (Wildman–Crippen LogP) is 4.10. The minimum Gasteiger partial charge on any atom is -0.326 e. The molecule has 0 fully saturated rings. The van der Waals surface area contributed by atoms with E-state index in [2.05, 4.69) is 38.7 Å². The normalized spacial score (nSPS) is 14.0. The SMILES string of the molecule is CC(C)c1ccc(S(=O)(=O)NCCC(=O)Nc2ccc(-c3nnc4n3CCCCC4)cc2)cc1. The third-order valence-corrected chi connectivity index (χ3v) is 7.51. The average molecular weight is 482 g/mol. The summed E-state index contributed by atoms with van der Waals surface area (Å²) in [6.07, 6.45) is 4.45. The number of benzene rings is 2. The Morgan fingerprint density at radius 3 is 2.44 bits per heavy atom. The summed E-state index contributed by atoms with van der Waals surface area (Å²) in [5.74, 6) is 1.95. The van der Waals surface area contributed by atoms with Crippen LogP contribution >= 0.6 is 0 Å². The Morgan fingerprint density at radius 1 is 1.00 bits per heavy atom. The molecule has 0 saturated heterocycles. The Morgan fingerprint density at radius 2 is 1.74 bits per heavy atom. The molecule has 0 aliphatic carbocycles. The number of aryl methyl sites for hydroxylation is 1. The third-order valence-electron chi connectivity index (χ3n) is 6.04. The number of fused-ring (bicyclic) bond motifs is 1. The summed E-state index contributed by atoms with van der Waals surface area (Å²) in [5.41, 5.74) is 2.68. The first kappa shape index (κ1) is 24.1. The fraction of sp³-hybridized carbons (Fsp3) is 0.400. The van der Waals surface area contributed by atoms with Crippen molar-refractivity contribution in [1.29, 1.82) is 0 Å². The molecule has 0 atom stereocenters. The van der Waals surface area contributed by atoms with E-state index in [9.17, 15) is 13.2 Å². The molecule has 3 aromatic rings.